The molecule has 3 aromatic carbocycles. The number of hydrogen-bond donors (Lipinski definition) is 2. The molecule has 32 heavy (non-hydrogen) atoms. The second-order valence-electron chi connectivity index (χ2n) is 7.25. The highest BCUT2D eigenvalue weighted by molar-refractivity contribution is 7.89. The normalized spacial score (nSPS) is 12.4. The van der Waals surface area contributed by atoms with E-state index in [2.05, 4.69) is 71.3 Å². The summed E-state index contributed by atoms with van der Waals surface area (Å²) in [5.41, 5.74) is 1.27. The molecule has 0 radical (unpaired) electrons. The summed E-state index contributed by atoms with van der Waals surface area (Å²) in [7, 11) is -2.00. The largest absolute Gasteiger partial charge is 0.497 e. The number of sulfonamides is 1. The van der Waals surface area contributed by atoms with Crippen LogP contribution in [0.15, 0.2) is 83.8 Å². The highest BCUT2D eigenvalue weighted by Crippen LogP contribution is 2.23. The van der Waals surface area contributed by atoms with Crippen LogP contribution in [0.25, 0.3) is 10.8 Å². The van der Waals surface area contributed by atoms with Crippen LogP contribution < -0.4 is 14.8 Å². The molecule has 6 heteroatoms. The van der Waals surface area contributed by atoms with Gasteiger partial charge in [0, 0.05) is 25.6 Å². The minimum absolute atomic E-state index is 0.206. The van der Waals surface area contributed by atoms with Crippen molar-refractivity contribution in [3.05, 3.63) is 84.4 Å². The first-order valence-electron chi connectivity index (χ1n) is 10.5. The Hall–Kier alpha value is -3.11. The third kappa shape index (κ3) is 6.44. The van der Waals surface area contributed by atoms with Crippen molar-refractivity contribution in [2.45, 2.75) is 24.3 Å². The molecule has 0 aliphatic heterocycles. The quantitative estimate of drug-likeness (QED) is 0.375. The Bertz CT molecular complexity index is 1220. The van der Waals surface area contributed by atoms with E-state index in [1.165, 1.54) is 35.6 Å². The molecular formula is C26H28N2O3S. The third-order valence-electron chi connectivity index (χ3n) is 5.05. The minimum Gasteiger partial charge on any atom is -0.497 e. The van der Waals surface area contributed by atoms with Crippen LogP contribution in [-0.4, -0.2) is 28.6 Å². The highest BCUT2D eigenvalue weighted by atomic mass is 32.2. The van der Waals surface area contributed by atoms with E-state index < -0.39 is 10.0 Å². The van der Waals surface area contributed by atoms with Gasteiger partial charge < -0.3 is 10.1 Å². The van der Waals surface area contributed by atoms with Crippen molar-refractivity contribution in [3.8, 4) is 17.6 Å². The Balaban J connectivity index is 1.41. The molecule has 0 fully saturated rings. The zero-order valence-corrected chi connectivity index (χ0v) is 19.2. The lowest BCUT2D eigenvalue weighted by Gasteiger charge is -2.15. The fourth-order valence-corrected chi connectivity index (χ4v) is 4.35. The van der Waals surface area contributed by atoms with E-state index in [1.54, 1.807) is 18.2 Å². The van der Waals surface area contributed by atoms with Crippen LogP contribution in [0.1, 0.15) is 24.9 Å². The molecule has 5 nitrogen and oxygen atoms in total. The number of hydrogen-bond acceptors (Lipinski definition) is 4. The monoisotopic (exact) mass is 448 g/mol. The predicted octanol–water partition coefficient (Wildman–Crippen LogP) is 4.43. The smallest absolute Gasteiger partial charge is 0.240 e. The van der Waals surface area contributed by atoms with Crippen molar-refractivity contribution >= 4 is 20.8 Å². The van der Waals surface area contributed by atoms with E-state index in [-0.39, 0.29) is 17.5 Å². The van der Waals surface area contributed by atoms with Gasteiger partial charge in [0.15, 0.2) is 0 Å². The molecule has 0 aliphatic rings. The maximum Gasteiger partial charge on any atom is 0.240 e. The van der Waals surface area contributed by atoms with Crippen LogP contribution >= 0.6 is 0 Å². The first kappa shape index (κ1) is 23.6. The Morgan fingerprint density at radius 3 is 2.56 bits per heavy atom. The van der Waals surface area contributed by atoms with Crippen molar-refractivity contribution in [1.82, 2.24) is 10.0 Å². The molecule has 0 unspecified atom stereocenters. The maximum atomic E-state index is 12.2. The Morgan fingerprint density at radius 1 is 1.03 bits per heavy atom. The standard InChI is InChI=1S/C26H28N2O3S/c1-21(25-14-10-12-22-11-6-7-13-26(22)25)27-19-8-4-3-5-9-20-28-32(29,30)24-17-15-23(31-2)16-18-24/h4,6-8,10-18,21,27-28H,9,19-20H2,1-2H3/b8-4+/t21-/m1/s1. The Kier molecular flexibility index (Phi) is 8.46. The number of allylic oxidation sites excluding steroid dienone is 1. The van der Waals surface area contributed by atoms with Gasteiger partial charge in [0.2, 0.25) is 10.0 Å². The van der Waals surface area contributed by atoms with Crippen LogP contribution in [0.2, 0.25) is 0 Å². The van der Waals surface area contributed by atoms with Gasteiger partial charge in [0.05, 0.1) is 12.0 Å². The van der Waals surface area contributed by atoms with Gasteiger partial charge in [0.25, 0.3) is 0 Å². The molecule has 1 atom stereocenters. The van der Waals surface area contributed by atoms with E-state index in [1.807, 2.05) is 6.08 Å². The van der Waals surface area contributed by atoms with Gasteiger partial charge in [-0.1, -0.05) is 60.4 Å². The number of rotatable bonds is 9. The summed E-state index contributed by atoms with van der Waals surface area (Å²) in [6, 6.07) is 21.2. The molecule has 0 bridgehead atoms. The zero-order chi connectivity index (χ0) is 22.8. The van der Waals surface area contributed by atoms with Crippen LogP contribution in [0.3, 0.4) is 0 Å². The molecule has 166 valence electrons. The summed E-state index contributed by atoms with van der Waals surface area (Å²) < 4.78 is 32.1. The van der Waals surface area contributed by atoms with Crippen LogP contribution in [0, 0.1) is 11.8 Å². The molecule has 2 N–H and O–H groups in total. The second kappa shape index (κ2) is 11.5. The van der Waals surface area contributed by atoms with Gasteiger partial charge in [-0.25, -0.2) is 13.1 Å². The van der Waals surface area contributed by atoms with Crippen LogP contribution in [0.5, 0.6) is 5.75 Å². The summed E-state index contributed by atoms with van der Waals surface area (Å²) >= 11 is 0. The summed E-state index contributed by atoms with van der Waals surface area (Å²) in [5.74, 6) is 6.52. The van der Waals surface area contributed by atoms with Crippen LogP contribution in [0.4, 0.5) is 0 Å². The summed E-state index contributed by atoms with van der Waals surface area (Å²) in [4.78, 5) is 0.206. The van der Waals surface area contributed by atoms with E-state index in [4.69, 9.17) is 4.74 Å². The van der Waals surface area contributed by atoms with Crippen molar-refractivity contribution < 1.29 is 13.2 Å². The van der Waals surface area contributed by atoms with Gasteiger partial charge in [-0.3, -0.25) is 0 Å². The second-order valence-corrected chi connectivity index (χ2v) is 9.01. The van der Waals surface area contributed by atoms with Gasteiger partial charge in [0.1, 0.15) is 5.75 Å². The van der Waals surface area contributed by atoms with Gasteiger partial charge >= 0.3 is 0 Å². The van der Waals surface area contributed by atoms with Gasteiger partial charge in [-0.15, -0.1) is 0 Å². The summed E-state index contributed by atoms with van der Waals surface area (Å²) in [6.07, 6.45) is 4.19. The SMILES string of the molecule is COc1ccc(S(=O)(=O)NCCC#C/C=C/CN[C@H](C)c2cccc3ccccc23)cc1. The lowest BCUT2D eigenvalue weighted by molar-refractivity contribution is 0.414. The molecule has 3 rings (SSSR count). The molecule has 0 saturated heterocycles. The average molecular weight is 449 g/mol. The van der Waals surface area contributed by atoms with Gasteiger partial charge in [-0.05, 0) is 53.6 Å². The molecule has 0 aliphatic carbocycles. The van der Waals surface area contributed by atoms with E-state index >= 15 is 0 Å². The first-order chi connectivity index (χ1) is 15.5. The zero-order valence-electron chi connectivity index (χ0n) is 18.3. The molecule has 0 heterocycles. The number of ether oxygens (including phenoxy) is 1. The van der Waals surface area contributed by atoms with Crippen molar-refractivity contribution in [2.24, 2.45) is 0 Å². The molecule has 0 spiro atoms. The summed E-state index contributed by atoms with van der Waals surface area (Å²) in [5, 5.41) is 5.98. The molecule has 0 aromatic heterocycles. The molecule has 3 aromatic rings. The Labute approximate surface area is 190 Å². The number of methoxy groups -OCH3 is 1. The fourth-order valence-electron chi connectivity index (χ4n) is 3.32. The van der Waals surface area contributed by atoms with E-state index in [9.17, 15) is 8.42 Å². The van der Waals surface area contributed by atoms with E-state index in [0.29, 0.717) is 18.7 Å². The number of nitrogens with one attached hydrogen (secondary N) is 2. The number of fused-ring (bicyclic) bond motifs is 1. The molecule has 0 saturated carbocycles. The number of benzene rings is 3. The average Bonchev–Trinajstić information content (AvgIpc) is 2.82. The lowest BCUT2D eigenvalue weighted by Crippen LogP contribution is -2.24. The molecule has 0 amide bonds. The highest BCUT2D eigenvalue weighted by Gasteiger charge is 2.12. The van der Waals surface area contributed by atoms with E-state index in [0.717, 1.165) is 0 Å². The third-order valence-corrected chi connectivity index (χ3v) is 6.52. The minimum atomic E-state index is -3.54. The molecular weight excluding hydrogens is 420 g/mol. The fraction of sp³-hybridized carbons (Fsp3) is 0.231. The van der Waals surface area contributed by atoms with Gasteiger partial charge in [-0.2, -0.15) is 0 Å². The first-order valence-corrected chi connectivity index (χ1v) is 12.0. The lowest BCUT2D eigenvalue weighted by atomic mass is 10.00. The predicted molar refractivity (Wildman–Crippen MR) is 130 cm³/mol. The topological polar surface area (TPSA) is 67.4 Å². The Morgan fingerprint density at radius 2 is 1.78 bits per heavy atom. The van der Waals surface area contributed by atoms with Crippen LogP contribution in [-0.2, 0) is 10.0 Å². The van der Waals surface area contributed by atoms with Crippen molar-refractivity contribution in [1.29, 1.82) is 0 Å². The summed E-state index contributed by atoms with van der Waals surface area (Å²) in [6.45, 7) is 3.10. The van der Waals surface area contributed by atoms with Crippen molar-refractivity contribution in [2.75, 3.05) is 20.2 Å². The maximum absolute atomic E-state index is 12.2. The van der Waals surface area contributed by atoms with Crippen molar-refractivity contribution in [3.63, 3.8) is 0 Å².